The number of carbonyl (C=O) groups excluding carboxylic acids is 1. The van der Waals surface area contributed by atoms with Gasteiger partial charge in [-0.3, -0.25) is 4.79 Å². The van der Waals surface area contributed by atoms with Gasteiger partial charge >= 0.3 is 0 Å². The zero-order valence-corrected chi connectivity index (χ0v) is 13.3. The Morgan fingerprint density at radius 3 is 2.65 bits per heavy atom. The average molecular weight is 332 g/mol. The fourth-order valence-corrected chi connectivity index (χ4v) is 3.59. The number of amides is 1. The average Bonchev–Trinajstić information content (AvgIpc) is 2.54. The van der Waals surface area contributed by atoms with Crippen molar-refractivity contribution in [3.8, 4) is 5.75 Å². The molecule has 2 aromatic carbocycles. The van der Waals surface area contributed by atoms with E-state index in [-0.39, 0.29) is 17.4 Å². The summed E-state index contributed by atoms with van der Waals surface area (Å²) < 4.78 is 32.6. The van der Waals surface area contributed by atoms with E-state index in [1.54, 1.807) is 43.3 Å². The van der Waals surface area contributed by atoms with Gasteiger partial charge in [-0.2, -0.15) is 0 Å². The summed E-state index contributed by atoms with van der Waals surface area (Å²) in [4.78, 5) is 11.6. The summed E-state index contributed by atoms with van der Waals surface area (Å²) in [5, 5.41) is 2.71. The van der Waals surface area contributed by atoms with Crippen molar-refractivity contribution >= 4 is 21.6 Å². The first-order chi connectivity index (χ1) is 11.0. The van der Waals surface area contributed by atoms with Crippen LogP contribution in [0.2, 0.25) is 0 Å². The van der Waals surface area contributed by atoms with Gasteiger partial charge in [0.05, 0.1) is 10.6 Å². The lowest BCUT2D eigenvalue weighted by atomic mass is 10.1. The van der Waals surface area contributed by atoms with Gasteiger partial charge in [-0.1, -0.05) is 24.3 Å². The maximum absolute atomic E-state index is 12.4. The van der Waals surface area contributed by atoms with E-state index < -0.39 is 16.1 Å². The lowest BCUT2D eigenvalue weighted by Gasteiger charge is -2.21. The SMILES string of the molecule is C[C@@H](NS(=O)(=O)c1ccccc1)c1ccc2c(c1)NC(=O)CO2. The Labute approximate surface area is 134 Å². The molecule has 0 bridgehead atoms. The van der Waals surface area contributed by atoms with Crippen LogP contribution in [-0.2, 0) is 14.8 Å². The van der Waals surface area contributed by atoms with E-state index in [1.165, 1.54) is 12.1 Å². The van der Waals surface area contributed by atoms with Crippen LogP contribution in [0.3, 0.4) is 0 Å². The summed E-state index contributed by atoms with van der Waals surface area (Å²) in [6, 6.07) is 12.9. The molecule has 2 aromatic rings. The first kappa shape index (κ1) is 15.5. The van der Waals surface area contributed by atoms with Gasteiger partial charge in [0, 0.05) is 6.04 Å². The van der Waals surface area contributed by atoms with Crippen LogP contribution in [-0.4, -0.2) is 20.9 Å². The molecule has 120 valence electrons. The number of rotatable bonds is 4. The molecule has 1 amide bonds. The second-order valence-electron chi connectivity index (χ2n) is 5.25. The molecular formula is C16H16N2O4S. The number of carbonyl (C=O) groups is 1. The molecule has 0 aliphatic carbocycles. The molecule has 0 unspecified atom stereocenters. The number of anilines is 1. The summed E-state index contributed by atoms with van der Waals surface area (Å²) in [5.41, 5.74) is 1.28. The minimum absolute atomic E-state index is 0.0114. The highest BCUT2D eigenvalue weighted by atomic mass is 32.2. The fraction of sp³-hybridized carbons (Fsp3) is 0.188. The van der Waals surface area contributed by atoms with Crippen molar-refractivity contribution in [2.75, 3.05) is 11.9 Å². The molecule has 0 fully saturated rings. The van der Waals surface area contributed by atoms with Crippen LogP contribution in [0.15, 0.2) is 53.4 Å². The molecule has 0 saturated carbocycles. The summed E-state index contributed by atoms with van der Waals surface area (Å²) in [7, 11) is -3.61. The van der Waals surface area contributed by atoms with Crippen molar-refractivity contribution in [3.63, 3.8) is 0 Å². The van der Waals surface area contributed by atoms with Crippen molar-refractivity contribution < 1.29 is 17.9 Å². The second kappa shape index (κ2) is 6.02. The number of benzene rings is 2. The van der Waals surface area contributed by atoms with Crippen molar-refractivity contribution in [1.29, 1.82) is 0 Å². The Balaban J connectivity index is 1.82. The Kier molecular flexibility index (Phi) is 4.06. The van der Waals surface area contributed by atoms with E-state index in [0.717, 1.165) is 5.56 Å². The van der Waals surface area contributed by atoms with Gasteiger partial charge in [-0.25, -0.2) is 13.1 Å². The smallest absolute Gasteiger partial charge is 0.262 e. The molecule has 0 saturated heterocycles. The van der Waals surface area contributed by atoms with Crippen LogP contribution >= 0.6 is 0 Å². The molecule has 3 rings (SSSR count). The highest BCUT2D eigenvalue weighted by Gasteiger charge is 2.21. The minimum atomic E-state index is -3.61. The lowest BCUT2D eigenvalue weighted by Crippen LogP contribution is -2.28. The standard InChI is InChI=1S/C16H16N2O4S/c1-11(18-23(20,21)13-5-3-2-4-6-13)12-7-8-15-14(9-12)17-16(19)10-22-15/h2-9,11,18H,10H2,1H3,(H,17,19)/t11-/m1/s1. The zero-order chi connectivity index (χ0) is 16.4. The number of hydrogen-bond donors (Lipinski definition) is 2. The van der Waals surface area contributed by atoms with Gasteiger partial charge in [0.1, 0.15) is 5.75 Å². The third-order valence-corrected chi connectivity index (χ3v) is 5.08. The number of fused-ring (bicyclic) bond motifs is 1. The summed E-state index contributed by atoms with van der Waals surface area (Å²) in [6.45, 7) is 1.73. The lowest BCUT2D eigenvalue weighted by molar-refractivity contribution is -0.118. The van der Waals surface area contributed by atoms with Crippen LogP contribution in [0.5, 0.6) is 5.75 Å². The Morgan fingerprint density at radius 2 is 1.91 bits per heavy atom. The molecule has 2 N–H and O–H groups in total. The van der Waals surface area contributed by atoms with Gasteiger partial charge in [0.15, 0.2) is 6.61 Å². The molecule has 6 nitrogen and oxygen atoms in total. The van der Waals surface area contributed by atoms with Crippen molar-refractivity contribution in [1.82, 2.24) is 4.72 Å². The van der Waals surface area contributed by atoms with Gasteiger partial charge in [-0.05, 0) is 36.8 Å². The van der Waals surface area contributed by atoms with E-state index in [9.17, 15) is 13.2 Å². The Morgan fingerprint density at radius 1 is 1.17 bits per heavy atom. The maximum atomic E-state index is 12.4. The fourth-order valence-electron chi connectivity index (χ4n) is 2.34. The molecule has 23 heavy (non-hydrogen) atoms. The predicted molar refractivity (Wildman–Crippen MR) is 85.7 cm³/mol. The van der Waals surface area contributed by atoms with Crippen LogP contribution in [0.25, 0.3) is 0 Å². The first-order valence-electron chi connectivity index (χ1n) is 7.10. The maximum Gasteiger partial charge on any atom is 0.262 e. The summed E-state index contributed by atoms with van der Waals surface area (Å²) >= 11 is 0. The first-order valence-corrected chi connectivity index (χ1v) is 8.58. The molecular weight excluding hydrogens is 316 g/mol. The van der Waals surface area contributed by atoms with Gasteiger partial charge in [0.25, 0.3) is 5.91 Å². The van der Waals surface area contributed by atoms with E-state index >= 15 is 0 Å². The summed E-state index contributed by atoms with van der Waals surface area (Å²) in [5.74, 6) is 0.346. The van der Waals surface area contributed by atoms with E-state index in [2.05, 4.69) is 10.0 Å². The third kappa shape index (κ3) is 3.35. The summed E-state index contributed by atoms with van der Waals surface area (Å²) in [6.07, 6.45) is 0. The quantitative estimate of drug-likeness (QED) is 0.897. The van der Waals surface area contributed by atoms with Crippen LogP contribution in [0.1, 0.15) is 18.5 Å². The topological polar surface area (TPSA) is 84.5 Å². The van der Waals surface area contributed by atoms with Crippen LogP contribution < -0.4 is 14.8 Å². The monoisotopic (exact) mass is 332 g/mol. The van der Waals surface area contributed by atoms with Crippen molar-refractivity contribution in [3.05, 3.63) is 54.1 Å². The van der Waals surface area contributed by atoms with Crippen LogP contribution in [0, 0.1) is 0 Å². The second-order valence-corrected chi connectivity index (χ2v) is 6.96. The molecule has 1 aliphatic heterocycles. The van der Waals surface area contributed by atoms with E-state index in [1.807, 2.05) is 0 Å². The largest absolute Gasteiger partial charge is 0.482 e. The Bertz CT molecular complexity index is 834. The zero-order valence-electron chi connectivity index (χ0n) is 12.4. The molecule has 0 aromatic heterocycles. The predicted octanol–water partition coefficient (Wildman–Crippen LogP) is 2.06. The van der Waals surface area contributed by atoms with Gasteiger partial charge in [-0.15, -0.1) is 0 Å². The van der Waals surface area contributed by atoms with Crippen molar-refractivity contribution in [2.45, 2.75) is 17.9 Å². The van der Waals surface area contributed by atoms with Gasteiger partial charge in [0.2, 0.25) is 10.0 Å². The molecule has 1 heterocycles. The molecule has 1 atom stereocenters. The Hall–Kier alpha value is -2.38. The van der Waals surface area contributed by atoms with E-state index in [0.29, 0.717) is 11.4 Å². The molecule has 1 aliphatic rings. The van der Waals surface area contributed by atoms with Crippen LogP contribution in [0.4, 0.5) is 5.69 Å². The van der Waals surface area contributed by atoms with E-state index in [4.69, 9.17) is 4.74 Å². The highest BCUT2D eigenvalue weighted by molar-refractivity contribution is 7.89. The third-order valence-electron chi connectivity index (χ3n) is 3.52. The minimum Gasteiger partial charge on any atom is -0.482 e. The number of ether oxygens (including phenoxy) is 1. The molecule has 0 spiro atoms. The van der Waals surface area contributed by atoms with Gasteiger partial charge < -0.3 is 10.1 Å². The highest BCUT2D eigenvalue weighted by Crippen LogP contribution is 2.30. The number of nitrogens with one attached hydrogen (secondary N) is 2. The number of hydrogen-bond acceptors (Lipinski definition) is 4. The number of sulfonamides is 1. The molecule has 0 radical (unpaired) electrons. The normalized spacial score (nSPS) is 15.3. The van der Waals surface area contributed by atoms with Crippen molar-refractivity contribution in [2.24, 2.45) is 0 Å². The molecule has 7 heteroatoms.